The molecule has 1 N–H and O–H groups in total. The van der Waals surface area contributed by atoms with Crippen molar-refractivity contribution in [2.45, 2.75) is 33.7 Å². The molecule has 1 unspecified atom stereocenters. The number of hydrogen-bond acceptors (Lipinski definition) is 2. The number of benzene rings is 2. The van der Waals surface area contributed by atoms with Crippen LogP contribution in [-0.2, 0) is 0 Å². The van der Waals surface area contributed by atoms with Crippen LogP contribution >= 0.6 is 11.6 Å². The molecule has 0 aliphatic rings. The van der Waals surface area contributed by atoms with Crippen molar-refractivity contribution in [1.82, 2.24) is 5.32 Å². The molecular weight excluding hydrogens is 282 g/mol. The fourth-order valence-electron chi connectivity index (χ4n) is 2.23. The number of halogens is 1. The van der Waals surface area contributed by atoms with E-state index in [2.05, 4.69) is 44.3 Å². The van der Waals surface area contributed by atoms with E-state index >= 15 is 0 Å². The predicted molar refractivity (Wildman–Crippen MR) is 89.5 cm³/mol. The zero-order valence-electron chi connectivity index (χ0n) is 13.0. The smallest absolute Gasteiger partial charge is 0.146 e. The van der Waals surface area contributed by atoms with Gasteiger partial charge in [-0.3, -0.25) is 0 Å². The number of aryl methyl sites for hydroxylation is 2. The highest BCUT2D eigenvalue weighted by molar-refractivity contribution is 6.32. The van der Waals surface area contributed by atoms with Crippen LogP contribution in [-0.4, -0.2) is 6.54 Å². The first-order chi connectivity index (χ1) is 10.0. The first kappa shape index (κ1) is 15.9. The molecule has 0 heterocycles. The largest absolute Gasteiger partial charge is 0.456 e. The van der Waals surface area contributed by atoms with Gasteiger partial charge in [-0.15, -0.1) is 0 Å². The van der Waals surface area contributed by atoms with Gasteiger partial charge in [-0.1, -0.05) is 36.7 Å². The summed E-state index contributed by atoms with van der Waals surface area (Å²) in [5.41, 5.74) is 3.43. The lowest BCUT2D eigenvalue weighted by Crippen LogP contribution is -2.17. The van der Waals surface area contributed by atoms with Gasteiger partial charge < -0.3 is 10.1 Å². The molecule has 2 aromatic rings. The van der Waals surface area contributed by atoms with Gasteiger partial charge in [0.1, 0.15) is 11.5 Å². The maximum absolute atomic E-state index is 6.36. The SMILES string of the molecule is CCNC(C)c1ccc(Oc2cc(C)ccc2C)c(Cl)c1. The Balaban J connectivity index is 2.23. The Labute approximate surface area is 132 Å². The minimum Gasteiger partial charge on any atom is -0.456 e. The molecule has 0 amide bonds. The summed E-state index contributed by atoms with van der Waals surface area (Å²) in [5, 5.41) is 4.01. The van der Waals surface area contributed by atoms with E-state index in [1.807, 2.05) is 25.1 Å². The molecule has 0 fully saturated rings. The van der Waals surface area contributed by atoms with Crippen LogP contribution in [0.3, 0.4) is 0 Å². The maximum Gasteiger partial charge on any atom is 0.146 e. The minimum absolute atomic E-state index is 0.280. The first-order valence-electron chi connectivity index (χ1n) is 7.29. The summed E-state index contributed by atoms with van der Waals surface area (Å²) in [6, 6.07) is 12.4. The lowest BCUT2D eigenvalue weighted by atomic mass is 10.1. The molecule has 2 aromatic carbocycles. The highest BCUT2D eigenvalue weighted by Crippen LogP contribution is 2.33. The second-order valence-electron chi connectivity index (χ2n) is 5.34. The summed E-state index contributed by atoms with van der Waals surface area (Å²) >= 11 is 6.36. The molecule has 0 bridgehead atoms. The molecule has 0 aliphatic carbocycles. The molecule has 3 heteroatoms. The maximum atomic E-state index is 6.36. The van der Waals surface area contributed by atoms with Gasteiger partial charge in [0.05, 0.1) is 5.02 Å². The summed E-state index contributed by atoms with van der Waals surface area (Å²) in [6.45, 7) is 9.23. The van der Waals surface area contributed by atoms with Crippen molar-refractivity contribution in [3.63, 3.8) is 0 Å². The Morgan fingerprint density at radius 3 is 2.52 bits per heavy atom. The number of rotatable bonds is 5. The highest BCUT2D eigenvalue weighted by atomic mass is 35.5. The lowest BCUT2D eigenvalue weighted by Gasteiger charge is -2.15. The molecule has 0 saturated carbocycles. The van der Waals surface area contributed by atoms with Crippen LogP contribution in [0.15, 0.2) is 36.4 Å². The van der Waals surface area contributed by atoms with Gasteiger partial charge in [-0.25, -0.2) is 0 Å². The number of ether oxygens (including phenoxy) is 1. The second kappa shape index (κ2) is 6.97. The van der Waals surface area contributed by atoms with Crippen LogP contribution in [0.25, 0.3) is 0 Å². The third kappa shape index (κ3) is 3.99. The van der Waals surface area contributed by atoms with Crippen molar-refractivity contribution >= 4 is 11.6 Å². The number of hydrogen-bond donors (Lipinski definition) is 1. The Bertz CT molecular complexity index is 625. The average molecular weight is 304 g/mol. The van der Waals surface area contributed by atoms with E-state index in [0.29, 0.717) is 10.8 Å². The van der Waals surface area contributed by atoms with Crippen LogP contribution < -0.4 is 10.1 Å². The van der Waals surface area contributed by atoms with E-state index in [9.17, 15) is 0 Å². The third-order valence-electron chi connectivity index (χ3n) is 3.53. The van der Waals surface area contributed by atoms with Crippen LogP contribution in [0.2, 0.25) is 5.02 Å². The molecule has 0 saturated heterocycles. The standard InChI is InChI=1S/C18H22ClNO/c1-5-20-14(4)15-8-9-17(16(19)11-15)21-18-10-12(2)6-7-13(18)3/h6-11,14,20H,5H2,1-4H3. The monoisotopic (exact) mass is 303 g/mol. The second-order valence-corrected chi connectivity index (χ2v) is 5.75. The molecule has 112 valence electrons. The molecule has 0 aliphatic heterocycles. The normalized spacial score (nSPS) is 12.2. The van der Waals surface area contributed by atoms with Crippen LogP contribution in [0, 0.1) is 13.8 Å². The van der Waals surface area contributed by atoms with Crippen molar-refractivity contribution in [3.05, 3.63) is 58.1 Å². The van der Waals surface area contributed by atoms with Crippen LogP contribution in [0.5, 0.6) is 11.5 Å². The Morgan fingerprint density at radius 1 is 1.10 bits per heavy atom. The van der Waals surface area contributed by atoms with Crippen molar-refractivity contribution in [2.75, 3.05) is 6.54 Å². The quantitative estimate of drug-likeness (QED) is 0.796. The topological polar surface area (TPSA) is 21.3 Å². The van der Waals surface area contributed by atoms with E-state index in [4.69, 9.17) is 16.3 Å². The molecule has 1 atom stereocenters. The van der Waals surface area contributed by atoms with Crippen LogP contribution in [0.1, 0.15) is 36.6 Å². The van der Waals surface area contributed by atoms with Gasteiger partial charge in [0.15, 0.2) is 0 Å². The van der Waals surface area contributed by atoms with Crippen molar-refractivity contribution in [3.8, 4) is 11.5 Å². The predicted octanol–water partition coefficient (Wildman–Crippen LogP) is 5.42. The number of nitrogens with one attached hydrogen (secondary N) is 1. The van der Waals surface area contributed by atoms with E-state index in [1.54, 1.807) is 0 Å². The minimum atomic E-state index is 0.280. The molecule has 0 radical (unpaired) electrons. The highest BCUT2D eigenvalue weighted by Gasteiger charge is 2.10. The van der Waals surface area contributed by atoms with Crippen LogP contribution in [0.4, 0.5) is 0 Å². The summed E-state index contributed by atoms with van der Waals surface area (Å²) in [6.07, 6.45) is 0. The fourth-order valence-corrected chi connectivity index (χ4v) is 2.46. The van der Waals surface area contributed by atoms with Crippen molar-refractivity contribution in [2.24, 2.45) is 0 Å². The van der Waals surface area contributed by atoms with E-state index in [1.165, 1.54) is 5.56 Å². The van der Waals surface area contributed by atoms with Gasteiger partial charge in [-0.2, -0.15) is 0 Å². The van der Waals surface area contributed by atoms with Crippen molar-refractivity contribution < 1.29 is 4.74 Å². The van der Waals surface area contributed by atoms with Gasteiger partial charge in [-0.05, 0) is 62.2 Å². The molecule has 2 rings (SSSR count). The molecule has 2 nitrogen and oxygen atoms in total. The Hall–Kier alpha value is -1.51. The zero-order chi connectivity index (χ0) is 15.4. The summed E-state index contributed by atoms with van der Waals surface area (Å²) in [7, 11) is 0. The third-order valence-corrected chi connectivity index (χ3v) is 3.83. The summed E-state index contributed by atoms with van der Waals surface area (Å²) < 4.78 is 5.96. The first-order valence-corrected chi connectivity index (χ1v) is 7.67. The molecule has 0 aromatic heterocycles. The Morgan fingerprint density at radius 2 is 1.86 bits per heavy atom. The van der Waals surface area contributed by atoms with E-state index in [0.717, 1.165) is 23.4 Å². The zero-order valence-corrected chi connectivity index (χ0v) is 13.8. The Kier molecular flexibility index (Phi) is 5.27. The molecule has 0 spiro atoms. The van der Waals surface area contributed by atoms with E-state index in [-0.39, 0.29) is 6.04 Å². The molecule has 21 heavy (non-hydrogen) atoms. The summed E-state index contributed by atoms with van der Waals surface area (Å²) in [5.74, 6) is 1.54. The molecular formula is C18H22ClNO. The average Bonchev–Trinajstić information content (AvgIpc) is 2.45. The van der Waals surface area contributed by atoms with Gasteiger partial charge >= 0.3 is 0 Å². The summed E-state index contributed by atoms with van der Waals surface area (Å²) in [4.78, 5) is 0. The van der Waals surface area contributed by atoms with E-state index < -0.39 is 0 Å². The fraction of sp³-hybridized carbons (Fsp3) is 0.333. The van der Waals surface area contributed by atoms with Gasteiger partial charge in [0.25, 0.3) is 0 Å². The lowest BCUT2D eigenvalue weighted by molar-refractivity contribution is 0.478. The van der Waals surface area contributed by atoms with Gasteiger partial charge in [0, 0.05) is 6.04 Å². The van der Waals surface area contributed by atoms with Gasteiger partial charge in [0.2, 0.25) is 0 Å². The van der Waals surface area contributed by atoms with Crippen molar-refractivity contribution in [1.29, 1.82) is 0 Å².